The van der Waals surface area contributed by atoms with E-state index >= 15 is 0 Å². The van der Waals surface area contributed by atoms with Crippen LogP contribution < -0.4 is 5.73 Å². The van der Waals surface area contributed by atoms with Crippen LogP contribution in [0, 0.1) is 0 Å². The van der Waals surface area contributed by atoms with E-state index in [1.807, 2.05) is 0 Å². The molecular weight excluding hydrogens is 196 g/mol. The van der Waals surface area contributed by atoms with E-state index in [-0.39, 0.29) is 0 Å². The number of hydrogen-bond donors (Lipinski definition) is 1. The summed E-state index contributed by atoms with van der Waals surface area (Å²) in [5.41, 5.74) is 8.56. The lowest BCUT2D eigenvalue weighted by molar-refractivity contribution is 0.375. The first-order valence-electron chi connectivity index (χ1n) is 5.99. The SMILES string of the molecule is CC(C)c1ccc(C(CN)CN(C)C)cc1. The molecule has 0 saturated carbocycles. The first kappa shape index (κ1) is 13.2. The minimum Gasteiger partial charge on any atom is -0.330 e. The number of likely N-dealkylation sites (N-methyl/N-ethyl adjacent to an activating group) is 1. The van der Waals surface area contributed by atoms with Gasteiger partial charge in [-0.15, -0.1) is 0 Å². The Balaban J connectivity index is 2.78. The standard InChI is InChI=1S/C14H24N2/c1-11(2)12-5-7-13(8-6-12)14(9-15)10-16(3)4/h5-8,11,14H,9-10,15H2,1-4H3. The Morgan fingerprint density at radius 2 is 1.56 bits per heavy atom. The van der Waals surface area contributed by atoms with Crippen molar-refractivity contribution in [1.29, 1.82) is 0 Å². The summed E-state index contributed by atoms with van der Waals surface area (Å²) in [6, 6.07) is 8.88. The molecule has 1 aromatic carbocycles. The van der Waals surface area contributed by atoms with E-state index in [9.17, 15) is 0 Å². The van der Waals surface area contributed by atoms with Gasteiger partial charge in [0.1, 0.15) is 0 Å². The average molecular weight is 220 g/mol. The third-order valence-electron chi connectivity index (χ3n) is 2.94. The molecule has 1 aromatic rings. The van der Waals surface area contributed by atoms with Crippen molar-refractivity contribution in [3.05, 3.63) is 35.4 Å². The van der Waals surface area contributed by atoms with Gasteiger partial charge in [-0.3, -0.25) is 0 Å². The zero-order chi connectivity index (χ0) is 12.1. The zero-order valence-corrected chi connectivity index (χ0v) is 10.9. The molecule has 0 heterocycles. The number of benzene rings is 1. The maximum Gasteiger partial charge on any atom is 0.00886 e. The highest BCUT2D eigenvalue weighted by Crippen LogP contribution is 2.20. The van der Waals surface area contributed by atoms with Crippen LogP contribution in [-0.2, 0) is 0 Å². The Labute approximate surface area is 99.5 Å². The highest BCUT2D eigenvalue weighted by Gasteiger charge is 2.10. The van der Waals surface area contributed by atoms with Gasteiger partial charge >= 0.3 is 0 Å². The third-order valence-corrected chi connectivity index (χ3v) is 2.94. The summed E-state index contributed by atoms with van der Waals surface area (Å²) in [6.45, 7) is 6.15. The molecule has 1 rings (SSSR count). The van der Waals surface area contributed by atoms with Gasteiger partial charge in [-0.05, 0) is 31.1 Å². The molecule has 0 aromatic heterocycles. The van der Waals surface area contributed by atoms with Crippen molar-refractivity contribution in [3.63, 3.8) is 0 Å². The first-order valence-corrected chi connectivity index (χ1v) is 5.99. The molecule has 1 unspecified atom stereocenters. The minimum atomic E-state index is 0.441. The van der Waals surface area contributed by atoms with Crippen molar-refractivity contribution in [2.45, 2.75) is 25.7 Å². The summed E-state index contributed by atoms with van der Waals surface area (Å²) in [5, 5.41) is 0. The van der Waals surface area contributed by atoms with E-state index in [2.05, 4.69) is 57.1 Å². The summed E-state index contributed by atoms with van der Waals surface area (Å²) in [4.78, 5) is 2.19. The van der Waals surface area contributed by atoms with E-state index in [4.69, 9.17) is 5.73 Å². The van der Waals surface area contributed by atoms with Gasteiger partial charge in [0, 0.05) is 19.0 Å². The van der Waals surface area contributed by atoms with E-state index in [1.54, 1.807) is 0 Å². The summed E-state index contributed by atoms with van der Waals surface area (Å²) >= 11 is 0. The molecule has 0 aliphatic heterocycles. The highest BCUT2D eigenvalue weighted by atomic mass is 15.1. The fourth-order valence-electron chi connectivity index (χ4n) is 1.91. The average Bonchev–Trinajstić information content (AvgIpc) is 2.25. The molecule has 2 nitrogen and oxygen atoms in total. The van der Waals surface area contributed by atoms with Crippen LogP contribution in [0.3, 0.4) is 0 Å². The predicted octanol–water partition coefficient (Wildman–Crippen LogP) is 2.41. The van der Waals surface area contributed by atoms with Crippen LogP contribution in [0.5, 0.6) is 0 Å². The largest absolute Gasteiger partial charge is 0.330 e. The zero-order valence-electron chi connectivity index (χ0n) is 10.9. The second-order valence-electron chi connectivity index (χ2n) is 5.02. The molecule has 0 aliphatic carbocycles. The Kier molecular flexibility index (Phi) is 4.97. The summed E-state index contributed by atoms with van der Waals surface area (Å²) in [5.74, 6) is 1.04. The van der Waals surface area contributed by atoms with Gasteiger partial charge in [-0.25, -0.2) is 0 Å². The lowest BCUT2D eigenvalue weighted by Crippen LogP contribution is -2.25. The van der Waals surface area contributed by atoms with Crippen LogP contribution in [0.25, 0.3) is 0 Å². The third kappa shape index (κ3) is 3.62. The van der Waals surface area contributed by atoms with Crippen LogP contribution >= 0.6 is 0 Å². The molecule has 90 valence electrons. The van der Waals surface area contributed by atoms with E-state index in [0.29, 0.717) is 18.4 Å². The molecule has 0 saturated heterocycles. The van der Waals surface area contributed by atoms with Gasteiger partial charge in [0.05, 0.1) is 0 Å². The van der Waals surface area contributed by atoms with Crippen LogP contribution in [-0.4, -0.2) is 32.1 Å². The number of rotatable bonds is 5. The second kappa shape index (κ2) is 6.02. The molecular formula is C14H24N2. The smallest absolute Gasteiger partial charge is 0.00886 e. The maximum absolute atomic E-state index is 5.82. The topological polar surface area (TPSA) is 29.3 Å². The summed E-state index contributed by atoms with van der Waals surface area (Å²) in [7, 11) is 4.18. The molecule has 2 heteroatoms. The van der Waals surface area contributed by atoms with Crippen molar-refractivity contribution in [3.8, 4) is 0 Å². The van der Waals surface area contributed by atoms with E-state index in [0.717, 1.165) is 6.54 Å². The molecule has 0 spiro atoms. The molecule has 1 atom stereocenters. The van der Waals surface area contributed by atoms with Crippen molar-refractivity contribution in [2.75, 3.05) is 27.2 Å². The van der Waals surface area contributed by atoms with Crippen LogP contribution in [0.2, 0.25) is 0 Å². The molecule has 2 N–H and O–H groups in total. The molecule has 0 aliphatic rings. The molecule has 0 fully saturated rings. The van der Waals surface area contributed by atoms with Gasteiger partial charge in [-0.2, -0.15) is 0 Å². The first-order chi connectivity index (χ1) is 7.54. The van der Waals surface area contributed by atoms with Crippen LogP contribution in [0.15, 0.2) is 24.3 Å². The molecule has 0 radical (unpaired) electrons. The van der Waals surface area contributed by atoms with Crippen molar-refractivity contribution in [1.82, 2.24) is 4.90 Å². The number of nitrogens with zero attached hydrogens (tertiary/aromatic N) is 1. The van der Waals surface area contributed by atoms with Gasteiger partial charge in [-0.1, -0.05) is 38.1 Å². The Hall–Kier alpha value is -0.860. The fourth-order valence-corrected chi connectivity index (χ4v) is 1.91. The maximum atomic E-state index is 5.82. The van der Waals surface area contributed by atoms with Crippen molar-refractivity contribution >= 4 is 0 Å². The van der Waals surface area contributed by atoms with Gasteiger partial charge in [0.15, 0.2) is 0 Å². The Morgan fingerprint density at radius 1 is 1.06 bits per heavy atom. The van der Waals surface area contributed by atoms with Crippen LogP contribution in [0.4, 0.5) is 0 Å². The Morgan fingerprint density at radius 3 is 1.94 bits per heavy atom. The minimum absolute atomic E-state index is 0.441. The molecule has 0 amide bonds. The van der Waals surface area contributed by atoms with Crippen molar-refractivity contribution in [2.24, 2.45) is 5.73 Å². The molecule has 16 heavy (non-hydrogen) atoms. The van der Waals surface area contributed by atoms with E-state index in [1.165, 1.54) is 11.1 Å². The number of hydrogen-bond acceptors (Lipinski definition) is 2. The monoisotopic (exact) mass is 220 g/mol. The predicted molar refractivity (Wildman–Crippen MR) is 70.9 cm³/mol. The van der Waals surface area contributed by atoms with E-state index < -0.39 is 0 Å². The van der Waals surface area contributed by atoms with Gasteiger partial charge in [0.25, 0.3) is 0 Å². The van der Waals surface area contributed by atoms with Crippen molar-refractivity contribution < 1.29 is 0 Å². The van der Waals surface area contributed by atoms with Gasteiger partial charge in [0.2, 0.25) is 0 Å². The quantitative estimate of drug-likeness (QED) is 0.825. The summed E-state index contributed by atoms with van der Waals surface area (Å²) in [6.07, 6.45) is 0. The van der Waals surface area contributed by atoms with Crippen LogP contribution in [0.1, 0.15) is 36.8 Å². The Bertz CT molecular complexity index is 301. The van der Waals surface area contributed by atoms with Gasteiger partial charge < -0.3 is 10.6 Å². The number of nitrogens with two attached hydrogens (primary N) is 1. The second-order valence-corrected chi connectivity index (χ2v) is 5.02. The summed E-state index contributed by atoms with van der Waals surface area (Å²) < 4.78 is 0. The molecule has 0 bridgehead atoms. The fraction of sp³-hybridized carbons (Fsp3) is 0.571. The normalized spacial score (nSPS) is 13.4. The lowest BCUT2D eigenvalue weighted by Gasteiger charge is -2.20. The lowest BCUT2D eigenvalue weighted by atomic mass is 9.95. The highest BCUT2D eigenvalue weighted by molar-refractivity contribution is 5.27.